The highest BCUT2D eigenvalue weighted by atomic mass is 35.5. The maximum Gasteiger partial charge on any atom is 0.170 e. The van der Waals surface area contributed by atoms with Gasteiger partial charge in [0, 0.05) is 10.4 Å². The Morgan fingerprint density at radius 2 is 1.94 bits per heavy atom. The van der Waals surface area contributed by atoms with E-state index in [1.54, 1.807) is 12.1 Å². The molecule has 0 fully saturated rings. The summed E-state index contributed by atoms with van der Waals surface area (Å²) in [5.41, 5.74) is -0.235. The molecule has 0 aliphatic rings. The molecule has 0 amide bonds. The van der Waals surface area contributed by atoms with Gasteiger partial charge in [-0.25, -0.2) is 4.39 Å². The number of hydrogen-bond acceptors (Lipinski definition) is 2. The molecule has 1 unspecified atom stereocenters. The summed E-state index contributed by atoms with van der Waals surface area (Å²) in [6, 6.07) is 4.43. The van der Waals surface area contributed by atoms with Crippen LogP contribution in [0.3, 0.4) is 0 Å². The van der Waals surface area contributed by atoms with Crippen molar-refractivity contribution in [2.45, 2.75) is 26.9 Å². The summed E-state index contributed by atoms with van der Waals surface area (Å²) >= 11 is 5.76. The SMILES string of the molecule is CC(C)(C)C(O)c1cc2cc(Cl)cc(F)c2o1. The third-order valence-corrected chi connectivity index (χ3v) is 2.86. The van der Waals surface area contributed by atoms with Gasteiger partial charge in [0.2, 0.25) is 0 Å². The maximum absolute atomic E-state index is 13.6. The predicted octanol–water partition coefficient (Wildman–Crippen LogP) is 4.30. The lowest BCUT2D eigenvalue weighted by Gasteiger charge is -2.23. The van der Waals surface area contributed by atoms with Crippen molar-refractivity contribution >= 4 is 22.6 Å². The average Bonchev–Trinajstić information content (AvgIpc) is 2.58. The van der Waals surface area contributed by atoms with Gasteiger partial charge < -0.3 is 9.52 Å². The topological polar surface area (TPSA) is 33.4 Å². The lowest BCUT2D eigenvalue weighted by molar-refractivity contribution is 0.0447. The summed E-state index contributed by atoms with van der Waals surface area (Å²) < 4.78 is 18.9. The van der Waals surface area contributed by atoms with Gasteiger partial charge in [0.05, 0.1) is 0 Å². The van der Waals surface area contributed by atoms with Crippen molar-refractivity contribution in [3.8, 4) is 0 Å². The molecule has 1 atom stereocenters. The Morgan fingerprint density at radius 1 is 1.29 bits per heavy atom. The van der Waals surface area contributed by atoms with Crippen molar-refractivity contribution in [2.24, 2.45) is 5.41 Å². The maximum atomic E-state index is 13.6. The molecule has 17 heavy (non-hydrogen) atoms. The zero-order chi connectivity index (χ0) is 12.8. The lowest BCUT2D eigenvalue weighted by Crippen LogP contribution is -2.16. The van der Waals surface area contributed by atoms with Crippen LogP contribution >= 0.6 is 11.6 Å². The number of fused-ring (bicyclic) bond motifs is 1. The second-order valence-electron chi connectivity index (χ2n) is 5.22. The van der Waals surface area contributed by atoms with Crippen LogP contribution in [0.15, 0.2) is 22.6 Å². The van der Waals surface area contributed by atoms with Crippen molar-refractivity contribution in [3.63, 3.8) is 0 Å². The fourth-order valence-corrected chi connectivity index (χ4v) is 1.87. The van der Waals surface area contributed by atoms with Gasteiger partial charge in [0.15, 0.2) is 11.4 Å². The van der Waals surface area contributed by atoms with Gasteiger partial charge in [-0.15, -0.1) is 0 Å². The summed E-state index contributed by atoms with van der Waals surface area (Å²) in [6.45, 7) is 5.65. The second-order valence-corrected chi connectivity index (χ2v) is 5.66. The molecule has 92 valence electrons. The minimum Gasteiger partial charge on any atom is -0.455 e. The van der Waals surface area contributed by atoms with Crippen molar-refractivity contribution in [2.75, 3.05) is 0 Å². The summed E-state index contributed by atoms with van der Waals surface area (Å²) in [7, 11) is 0. The Balaban J connectivity index is 2.56. The van der Waals surface area contributed by atoms with Crippen LogP contribution in [0.5, 0.6) is 0 Å². The van der Waals surface area contributed by atoms with Gasteiger partial charge >= 0.3 is 0 Å². The number of rotatable bonds is 1. The van der Waals surface area contributed by atoms with Crippen LogP contribution in [-0.4, -0.2) is 5.11 Å². The van der Waals surface area contributed by atoms with E-state index in [4.69, 9.17) is 16.0 Å². The lowest BCUT2D eigenvalue weighted by atomic mass is 9.88. The van der Waals surface area contributed by atoms with Crippen LogP contribution in [0.1, 0.15) is 32.6 Å². The molecule has 2 rings (SSSR count). The Hall–Kier alpha value is -1.06. The van der Waals surface area contributed by atoms with Gasteiger partial charge in [-0.2, -0.15) is 0 Å². The van der Waals surface area contributed by atoms with Crippen LogP contribution in [0.4, 0.5) is 4.39 Å². The van der Waals surface area contributed by atoms with E-state index in [0.717, 1.165) is 0 Å². The fraction of sp³-hybridized carbons (Fsp3) is 0.385. The highest BCUT2D eigenvalue weighted by Crippen LogP contribution is 2.36. The van der Waals surface area contributed by atoms with Crippen LogP contribution < -0.4 is 0 Å². The summed E-state index contributed by atoms with van der Waals surface area (Å²) in [6.07, 6.45) is -0.784. The molecule has 0 saturated heterocycles. The highest BCUT2D eigenvalue weighted by molar-refractivity contribution is 6.31. The molecule has 2 nitrogen and oxygen atoms in total. The summed E-state index contributed by atoms with van der Waals surface area (Å²) in [4.78, 5) is 0. The molecule has 0 spiro atoms. The van der Waals surface area contributed by atoms with Crippen molar-refractivity contribution in [1.29, 1.82) is 0 Å². The summed E-state index contributed by atoms with van der Waals surface area (Å²) in [5.74, 6) is -0.159. The van der Waals surface area contributed by atoms with Crippen LogP contribution in [0, 0.1) is 11.2 Å². The Labute approximate surface area is 104 Å². The molecule has 1 heterocycles. The van der Waals surface area contributed by atoms with E-state index >= 15 is 0 Å². The Morgan fingerprint density at radius 3 is 2.53 bits per heavy atom. The van der Waals surface area contributed by atoms with Crippen molar-refractivity contribution < 1.29 is 13.9 Å². The zero-order valence-corrected chi connectivity index (χ0v) is 10.7. The zero-order valence-electron chi connectivity index (χ0n) is 9.92. The molecule has 4 heteroatoms. The van der Waals surface area contributed by atoms with Crippen molar-refractivity contribution in [1.82, 2.24) is 0 Å². The summed E-state index contributed by atoms with van der Waals surface area (Å²) in [5, 5.41) is 10.9. The first-order chi connectivity index (χ1) is 7.79. The standard InChI is InChI=1S/C13H14ClFO2/c1-13(2,3)12(16)10-5-7-4-8(14)6-9(15)11(7)17-10/h4-6,12,16H,1-3H3. The fourth-order valence-electron chi connectivity index (χ4n) is 1.66. The normalized spacial score (nSPS) is 14.2. The van der Waals surface area contributed by atoms with E-state index < -0.39 is 11.9 Å². The minimum atomic E-state index is -0.784. The Bertz CT molecular complexity index is 554. The first kappa shape index (κ1) is 12.4. The first-order valence-electron chi connectivity index (χ1n) is 5.35. The molecule has 0 aliphatic heterocycles. The number of furan rings is 1. The van der Waals surface area contributed by atoms with E-state index in [0.29, 0.717) is 16.2 Å². The van der Waals surface area contributed by atoms with Gasteiger partial charge in [-0.3, -0.25) is 0 Å². The highest BCUT2D eigenvalue weighted by Gasteiger charge is 2.27. The van der Waals surface area contributed by atoms with Crippen LogP contribution in [-0.2, 0) is 0 Å². The number of aliphatic hydroxyl groups excluding tert-OH is 1. The molecular formula is C13H14ClFO2. The quantitative estimate of drug-likeness (QED) is 0.825. The van der Waals surface area contributed by atoms with Crippen molar-refractivity contribution in [3.05, 3.63) is 34.8 Å². The van der Waals surface area contributed by atoms with E-state index in [1.807, 2.05) is 20.8 Å². The molecule has 1 aromatic carbocycles. The largest absolute Gasteiger partial charge is 0.455 e. The first-order valence-corrected chi connectivity index (χ1v) is 5.73. The molecule has 0 bridgehead atoms. The third-order valence-electron chi connectivity index (χ3n) is 2.64. The van der Waals surface area contributed by atoms with Gasteiger partial charge in [-0.1, -0.05) is 32.4 Å². The van der Waals surface area contributed by atoms with E-state index in [2.05, 4.69) is 0 Å². The van der Waals surface area contributed by atoms with E-state index in [9.17, 15) is 9.50 Å². The predicted molar refractivity (Wildman–Crippen MR) is 65.6 cm³/mol. The average molecular weight is 257 g/mol. The number of benzene rings is 1. The smallest absolute Gasteiger partial charge is 0.170 e. The minimum absolute atomic E-state index is 0.132. The van der Waals surface area contributed by atoms with Gasteiger partial charge in [0.1, 0.15) is 11.9 Å². The second kappa shape index (κ2) is 4.00. The molecular weight excluding hydrogens is 243 g/mol. The van der Waals surface area contributed by atoms with Gasteiger partial charge in [0.25, 0.3) is 0 Å². The van der Waals surface area contributed by atoms with Gasteiger partial charge in [-0.05, 0) is 23.6 Å². The number of hydrogen-bond donors (Lipinski definition) is 1. The van der Waals surface area contributed by atoms with Crippen LogP contribution in [0.25, 0.3) is 11.0 Å². The van der Waals surface area contributed by atoms with Crippen LogP contribution in [0.2, 0.25) is 5.02 Å². The number of aliphatic hydroxyl groups is 1. The molecule has 1 aromatic heterocycles. The van der Waals surface area contributed by atoms with E-state index in [-0.39, 0.29) is 11.0 Å². The molecule has 0 radical (unpaired) electrons. The molecule has 2 aromatic rings. The molecule has 0 aliphatic carbocycles. The third kappa shape index (κ3) is 2.31. The van der Waals surface area contributed by atoms with E-state index in [1.165, 1.54) is 6.07 Å². The monoisotopic (exact) mass is 256 g/mol. The Kier molecular flexibility index (Phi) is 2.92. The molecule has 0 saturated carbocycles. The molecule has 1 N–H and O–H groups in total. The number of halogens is 2.